The molecule has 1 fully saturated rings. The van der Waals surface area contributed by atoms with Crippen molar-refractivity contribution >= 4 is 29.3 Å². The Labute approximate surface area is 171 Å². The maximum atomic E-state index is 13.0. The largest absolute Gasteiger partial charge is 0.340 e. The van der Waals surface area contributed by atoms with Crippen LogP contribution in [0.1, 0.15) is 24.2 Å². The molecule has 1 N–H and O–H groups in total. The van der Waals surface area contributed by atoms with Crippen LogP contribution >= 0.6 is 11.6 Å². The van der Waals surface area contributed by atoms with Gasteiger partial charge in [-0.05, 0) is 44.3 Å². The zero-order valence-electron chi connectivity index (χ0n) is 16.9. The Balaban J connectivity index is 1.97. The summed E-state index contributed by atoms with van der Waals surface area (Å²) in [6, 6.07) is 5.94. The highest BCUT2D eigenvalue weighted by molar-refractivity contribution is 6.30. The summed E-state index contributed by atoms with van der Waals surface area (Å²) in [6.07, 6.45) is 0. The first-order valence-corrected chi connectivity index (χ1v) is 9.84. The number of nitrogens with one attached hydrogen (secondary N) is 1. The molecule has 154 valence electrons. The van der Waals surface area contributed by atoms with Gasteiger partial charge < -0.3 is 20.0 Å². The van der Waals surface area contributed by atoms with E-state index in [0.717, 1.165) is 0 Å². The number of carbonyl (C=O) groups is 3. The summed E-state index contributed by atoms with van der Waals surface area (Å²) in [5.74, 6) is -0.411. The van der Waals surface area contributed by atoms with Crippen LogP contribution in [0.5, 0.6) is 0 Å². The topological polar surface area (TPSA) is 73.0 Å². The van der Waals surface area contributed by atoms with E-state index in [9.17, 15) is 14.4 Å². The van der Waals surface area contributed by atoms with E-state index >= 15 is 0 Å². The van der Waals surface area contributed by atoms with Crippen LogP contribution in [-0.2, 0) is 9.59 Å². The van der Waals surface area contributed by atoms with E-state index in [2.05, 4.69) is 5.32 Å². The fourth-order valence-corrected chi connectivity index (χ4v) is 3.21. The highest BCUT2D eigenvalue weighted by atomic mass is 35.5. The number of halogens is 1. The molecule has 0 aliphatic carbocycles. The minimum Gasteiger partial charge on any atom is -0.340 e. The van der Waals surface area contributed by atoms with Gasteiger partial charge in [0, 0.05) is 36.8 Å². The Bertz CT molecular complexity index is 698. The third-order valence-corrected chi connectivity index (χ3v) is 4.97. The zero-order chi connectivity index (χ0) is 20.8. The predicted octanol–water partition coefficient (Wildman–Crippen LogP) is 1.33. The van der Waals surface area contributed by atoms with Crippen molar-refractivity contribution in [1.82, 2.24) is 20.0 Å². The predicted molar refractivity (Wildman–Crippen MR) is 109 cm³/mol. The smallest absolute Gasteiger partial charge is 0.251 e. The second kappa shape index (κ2) is 9.89. The molecule has 0 radical (unpaired) electrons. The maximum Gasteiger partial charge on any atom is 0.251 e. The summed E-state index contributed by atoms with van der Waals surface area (Å²) in [6.45, 7) is 6.13. The molecule has 1 aromatic rings. The van der Waals surface area contributed by atoms with Crippen LogP contribution in [0.15, 0.2) is 24.3 Å². The van der Waals surface area contributed by atoms with Gasteiger partial charge in [-0.25, -0.2) is 0 Å². The number of hydrogen-bond acceptors (Lipinski definition) is 4. The van der Waals surface area contributed by atoms with E-state index in [0.29, 0.717) is 43.3 Å². The highest BCUT2D eigenvalue weighted by Gasteiger charge is 2.31. The third-order valence-electron chi connectivity index (χ3n) is 4.72. The number of carbonyl (C=O) groups excluding carboxylic acids is 3. The number of rotatable bonds is 6. The van der Waals surface area contributed by atoms with Gasteiger partial charge in [-0.2, -0.15) is 0 Å². The van der Waals surface area contributed by atoms with E-state index in [1.54, 1.807) is 34.1 Å². The van der Waals surface area contributed by atoms with E-state index in [1.807, 2.05) is 32.8 Å². The Kier molecular flexibility index (Phi) is 7.83. The van der Waals surface area contributed by atoms with Gasteiger partial charge in [0.05, 0.1) is 6.54 Å². The first-order chi connectivity index (χ1) is 13.2. The van der Waals surface area contributed by atoms with Crippen molar-refractivity contribution in [3.8, 4) is 0 Å². The third kappa shape index (κ3) is 5.94. The van der Waals surface area contributed by atoms with Gasteiger partial charge in [-0.3, -0.25) is 14.4 Å². The van der Waals surface area contributed by atoms with E-state index in [-0.39, 0.29) is 23.6 Å². The van der Waals surface area contributed by atoms with E-state index < -0.39 is 6.04 Å². The normalized spacial score (nSPS) is 15.7. The summed E-state index contributed by atoms with van der Waals surface area (Å²) < 4.78 is 0. The lowest BCUT2D eigenvalue weighted by Crippen LogP contribution is -2.57. The number of benzene rings is 1. The number of hydrogen-bond donors (Lipinski definition) is 1. The average Bonchev–Trinajstić information content (AvgIpc) is 2.65. The van der Waals surface area contributed by atoms with Gasteiger partial charge >= 0.3 is 0 Å². The van der Waals surface area contributed by atoms with Crippen molar-refractivity contribution in [1.29, 1.82) is 0 Å². The Morgan fingerprint density at radius 3 is 2.07 bits per heavy atom. The molecule has 1 saturated heterocycles. The van der Waals surface area contributed by atoms with Crippen LogP contribution in [0.2, 0.25) is 5.02 Å². The van der Waals surface area contributed by atoms with Crippen molar-refractivity contribution in [2.45, 2.75) is 19.9 Å². The first kappa shape index (κ1) is 22.2. The molecular formula is C20H29ClN4O3. The van der Waals surface area contributed by atoms with Crippen LogP contribution in [0.3, 0.4) is 0 Å². The van der Waals surface area contributed by atoms with Crippen LogP contribution < -0.4 is 5.32 Å². The molecule has 0 aromatic heterocycles. The minimum atomic E-state index is -0.618. The second-order valence-electron chi connectivity index (χ2n) is 7.65. The summed E-state index contributed by atoms with van der Waals surface area (Å²) >= 11 is 5.86. The molecule has 3 amide bonds. The minimum absolute atomic E-state index is 0.0582. The molecule has 1 unspecified atom stereocenters. The molecule has 1 aromatic carbocycles. The summed E-state index contributed by atoms with van der Waals surface area (Å²) in [5, 5.41) is 3.40. The van der Waals surface area contributed by atoms with Gasteiger partial charge in [0.15, 0.2) is 0 Å². The lowest BCUT2D eigenvalue weighted by atomic mass is 10.0. The van der Waals surface area contributed by atoms with E-state index in [4.69, 9.17) is 11.6 Å². The van der Waals surface area contributed by atoms with Gasteiger partial charge in [-0.1, -0.05) is 25.4 Å². The van der Waals surface area contributed by atoms with Crippen molar-refractivity contribution in [2.24, 2.45) is 5.92 Å². The molecule has 1 atom stereocenters. The molecule has 1 aliphatic heterocycles. The molecule has 0 spiro atoms. The van der Waals surface area contributed by atoms with Crippen LogP contribution in [-0.4, -0.2) is 85.3 Å². The average molecular weight is 409 g/mol. The van der Waals surface area contributed by atoms with Gasteiger partial charge in [-0.15, -0.1) is 0 Å². The number of nitrogens with zero attached hydrogens (tertiary/aromatic N) is 3. The van der Waals surface area contributed by atoms with Gasteiger partial charge in [0.1, 0.15) is 6.04 Å². The number of likely N-dealkylation sites (N-methyl/N-ethyl adjacent to an activating group) is 1. The molecule has 0 bridgehead atoms. The fourth-order valence-electron chi connectivity index (χ4n) is 3.08. The monoisotopic (exact) mass is 408 g/mol. The number of amides is 3. The molecule has 7 nitrogen and oxygen atoms in total. The molecular weight excluding hydrogens is 380 g/mol. The number of piperazine rings is 1. The zero-order valence-corrected chi connectivity index (χ0v) is 17.7. The first-order valence-electron chi connectivity index (χ1n) is 9.46. The molecule has 2 rings (SSSR count). The Morgan fingerprint density at radius 2 is 1.57 bits per heavy atom. The second-order valence-corrected chi connectivity index (χ2v) is 8.08. The maximum absolute atomic E-state index is 13.0. The summed E-state index contributed by atoms with van der Waals surface area (Å²) in [7, 11) is 3.71. The summed E-state index contributed by atoms with van der Waals surface area (Å²) in [4.78, 5) is 43.0. The summed E-state index contributed by atoms with van der Waals surface area (Å²) in [5.41, 5.74) is 0.460. The fraction of sp³-hybridized carbons (Fsp3) is 0.550. The van der Waals surface area contributed by atoms with Crippen molar-refractivity contribution in [2.75, 3.05) is 46.8 Å². The molecule has 8 heteroatoms. The Hall–Kier alpha value is -2.12. The Morgan fingerprint density at radius 1 is 1.04 bits per heavy atom. The van der Waals surface area contributed by atoms with Crippen LogP contribution in [0.4, 0.5) is 0 Å². The quantitative estimate of drug-likeness (QED) is 0.770. The van der Waals surface area contributed by atoms with Crippen molar-refractivity contribution < 1.29 is 14.4 Å². The van der Waals surface area contributed by atoms with Crippen LogP contribution in [0.25, 0.3) is 0 Å². The van der Waals surface area contributed by atoms with E-state index in [1.165, 1.54) is 0 Å². The highest BCUT2D eigenvalue weighted by Crippen LogP contribution is 2.13. The van der Waals surface area contributed by atoms with Gasteiger partial charge in [0.2, 0.25) is 11.8 Å². The molecule has 1 aliphatic rings. The standard InChI is InChI=1S/C20H29ClN4O3/c1-14(2)18(22-19(27)15-5-7-16(21)8-6-15)20(28)25-11-9-24(10-12-25)17(26)13-23(3)4/h5-8,14,18H,9-13H2,1-4H3,(H,22,27). The van der Waals surface area contributed by atoms with Crippen molar-refractivity contribution in [3.05, 3.63) is 34.9 Å². The van der Waals surface area contributed by atoms with Gasteiger partial charge in [0.25, 0.3) is 5.91 Å². The lowest BCUT2D eigenvalue weighted by molar-refractivity contribution is -0.141. The van der Waals surface area contributed by atoms with Crippen LogP contribution in [0, 0.1) is 5.92 Å². The molecule has 0 saturated carbocycles. The van der Waals surface area contributed by atoms with Crippen molar-refractivity contribution in [3.63, 3.8) is 0 Å². The lowest BCUT2D eigenvalue weighted by Gasteiger charge is -2.37. The SMILES string of the molecule is CC(C)C(NC(=O)c1ccc(Cl)cc1)C(=O)N1CCN(C(=O)CN(C)C)CC1. The molecule has 1 heterocycles. The molecule has 28 heavy (non-hydrogen) atoms.